The van der Waals surface area contributed by atoms with Gasteiger partial charge in [0.2, 0.25) is 0 Å². The molecule has 0 aliphatic rings. The van der Waals surface area contributed by atoms with Gasteiger partial charge in [0.1, 0.15) is 0 Å². The molecule has 1 amide bonds. The molecule has 2 nitrogen and oxygen atoms in total. The van der Waals surface area contributed by atoms with Crippen molar-refractivity contribution in [2.24, 2.45) is 0 Å². The van der Waals surface area contributed by atoms with Crippen LogP contribution in [0, 0.1) is 3.57 Å². The Hall–Kier alpha value is -0.760. The van der Waals surface area contributed by atoms with Crippen LogP contribution in [0.25, 0.3) is 0 Å². The van der Waals surface area contributed by atoms with E-state index in [1.54, 1.807) is 42.5 Å². The Morgan fingerprint density at radius 1 is 1.29 bits per heavy atom. The van der Waals surface area contributed by atoms with E-state index in [4.69, 9.17) is 23.2 Å². The lowest BCUT2D eigenvalue weighted by Gasteiger charge is -2.24. The van der Waals surface area contributed by atoms with Gasteiger partial charge in [-0.15, -0.1) is 6.58 Å². The van der Waals surface area contributed by atoms with Gasteiger partial charge in [-0.2, -0.15) is 4.39 Å². The average Bonchev–Trinajstić information content (AvgIpc) is 2.52. The number of alkyl halides is 3. The lowest BCUT2D eigenvalue weighted by molar-refractivity contribution is 0.101. The van der Waals surface area contributed by atoms with Crippen molar-refractivity contribution in [3.63, 3.8) is 0 Å². The molecule has 0 fully saturated rings. The van der Waals surface area contributed by atoms with Crippen LogP contribution in [0.2, 0.25) is 0 Å². The van der Waals surface area contributed by atoms with Crippen molar-refractivity contribution in [1.82, 2.24) is 0 Å². The van der Waals surface area contributed by atoms with E-state index in [0.29, 0.717) is 29.6 Å². The molecule has 126 valence electrons. The molecular weight excluding hydrogens is 483 g/mol. The lowest BCUT2D eigenvalue weighted by Crippen LogP contribution is -2.28. The summed E-state index contributed by atoms with van der Waals surface area (Å²) in [5, 5.41) is 0. The van der Waals surface area contributed by atoms with Crippen molar-refractivity contribution in [3.8, 4) is 0 Å². The van der Waals surface area contributed by atoms with Gasteiger partial charge in [-0.3, -0.25) is 4.79 Å². The van der Waals surface area contributed by atoms with Crippen LogP contribution < -0.4 is 4.31 Å². The van der Waals surface area contributed by atoms with Gasteiger partial charge in [0.05, 0.1) is 11.3 Å². The second kappa shape index (κ2) is 8.56. The summed E-state index contributed by atoms with van der Waals surface area (Å²) >= 11 is 13.5. The van der Waals surface area contributed by atoms with Crippen molar-refractivity contribution >= 4 is 69.3 Å². The molecule has 0 unspecified atom stereocenters. The average molecular weight is 496 g/mol. The Morgan fingerprint density at radius 3 is 2.62 bits per heavy atom. The Kier molecular flexibility index (Phi) is 6.98. The molecule has 2 rings (SSSR count). The highest BCUT2D eigenvalue weighted by Gasteiger charge is 2.32. The third-order valence-electron chi connectivity index (χ3n) is 3.01. The topological polar surface area (TPSA) is 20.3 Å². The molecule has 0 spiro atoms. The highest BCUT2D eigenvalue weighted by atomic mass is 127. The number of rotatable bonds is 6. The molecule has 0 aliphatic carbocycles. The number of nitrogens with zero attached hydrogens (tertiary/aromatic N) is 1. The van der Waals surface area contributed by atoms with Crippen molar-refractivity contribution in [1.29, 1.82) is 0 Å². The van der Waals surface area contributed by atoms with Crippen LogP contribution in [-0.2, 0) is 6.42 Å². The largest absolute Gasteiger partial charge is 0.324 e. The van der Waals surface area contributed by atoms with Crippen molar-refractivity contribution in [2.45, 2.75) is 10.3 Å². The van der Waals surface area contributed by atoms with Gasteiger partial charge in [0.15, 0.2) is 0 Å². The normalized spacial score (nSPS) is 11.2. The van der Waals surface area contributed by atoms with E-state index >= 15 is 0 Å². The van der Waals surface area contributed by atoms with Crippen LogP contribution in [0.4, 0.5) is 10.1 Å². The summed E-state index contributed by atoms with van der Waals surface area (Å²) in [6.07, 6.45) is 2.38. The first kappa shape index (κ1) is 19.6. The maximum absolute atomic E-state index is 13.8. The van der Waals surface area contributed by atoms with Crippen LogP contribution >= 0.6 is 57.7 Å². The summed E-state index contributed by atoms with van der Waals surface area (Å²) in [7, 11) is 0. The number of allylic oxidation sites excluding steroid dienone is 1. The first-order valence-electron chi connectivity index (χ1n) is 6.86. The van der Waals surface area contributed by atoms with E-state index in [1.165, 1.54) is 4.31 Å². The molecule has 24 heavy (non-hydrogen) atoms. The van der Waals surface area contributed by atoms with Crippen LogP contribution in [0.5, 0.6) is 0 Å². The molecule has 0 saturated carbocycles. The molecular formula is C17H13Cl2FINOS. The van der Waals surface area contributed by atoms with Gasteiger partial charge in [0, 0.05) is 15.5 Å². The number of carbonyl (C=O) groups is 1. The van der Waals surface area contributed by atoms with Crippen LogP contribution in [0.3, 0.4) is 0 Å². The monoisotopic (exact) mass is 495 g/mol. The Balaban J connectivity index is 2.45. The molecule has 0 aliphatic heterocycles. The Morgan fingerprint density at radius 2 is 2.00 bits per heavy atom. The predicted octanol–water partition coefficient (Wildman–Crippen LogP) is 6.37. The van der Waals surface area contributed by atoms with Gasteiger partial charge < -0.3 is 0 Å². The van der Waals surface area contributed by atoms with Gasteiger partial charge in [-0.05, 0) is 58.8 Å². The number of halogens is 4. The zero-order valence-electron chi connectivity index (χ0n) is 12.4. The predicted molar refractivity (Wildman–Crippen MR) is 109 cm³/mol. The van der Waals surface area contributed by atoms with Crippen LogP contribution in [0.1, 0.15) is 15.9 Å². The minimum atomic E-state index is -2.63. The molecule has 0 aromatic heterocycles. The summed E-state index contributed by atoms with van der Waals surface area (Å²) in [5.74, 6) is -0.399. The minimum absolute atomic E-state index is 0.399. The van der Waals surface area contributed by atoms with E-state index in [1.807, 2.05) is 12.1 Å². The van der Waals surface area contributed by atoms with Crippen molar-refractivity contribution < 1.29 is 9.18 Å². The molecule has 0 heterocycles. The second-order valence-electron chi connectivity index (χ2n) is 4.78. The summed E-state index contributed by atoms with van der Waals surface area (Å²) in [5.41, 5.74) is 1.88. The number of hydrogen-bond donors (Lipinski definition) is 0. The fraction of sp³-hybridized carbons (Fsp3) is 0.118. The lowest BCUT2D eigenvalue weighted by atomic mass is 10.1. The third-order valence-corrected chi connectivity index (χ3v) is 5.13. The first-order chi connectivity index (χ1) is 11.3. The van der Waals surface area contributed by atoms with Gasteiger partial charge in [-0.1, -0.05) is 53.5 Å². The van der Waals surface area contributed by atoms with E-state index in [0.717, 1.165) is 9.13 Å². The molecule has 0 radical (unpaired) electrons. The van der Waals surface area contributed by atoms with Crippen molar-refractivity contribution in [3.05, 3.63) is 75.9 Å². The van der Waals surface area contributed by atoms with E-state index in [9.17, 15) is 9.18 Å². The van der Waals surface area contributed by atoms with E-state index < -0.39 is 9.83 Å². The highest BCUT2D eigenvalue weighted by Crippen LogP contribution is 2.42. The fourth-order valence-electron chi connectivity index (χ4n) is 2.04. The minimum Gasteiger partial charge on any atom is -0.268 e. The maximum Gasteiger partial charge on any atom is 0.324 e. The molecule has 0 bridgehead atoms. The molecule has 2 aromatic rings. The number of carbonyl (C=O) groups excluding carboxylic acids is 1. The highest BCUT2D eigenvalue weighted by molar-refractivity contribution is 14.1. The number of benzene rings is 2. The molecule has 7 heteroatoms. The standard InChI is InChI=1S/C17H13Cl2FINOS/c1-2-6-12-7-5-8-13(11-12)22(24-17(18,19)20)16(23)14-9-3-4-10-15(14)21/h2-5,7-11H,1,6H2. The second-order valence-corrected chi connectivity index (χ2v) is 8.73. The fourth-order valence-corrected chi connectivity index (χ4v) is 3.67. The molecule has 2 aromatic carbocycles. The van der Waals surface area contributed by atoms with Crippen molar-refractivity contribution in [2.75, 3.05) is 4.31 Å². The number of anilines is 1. The van der Waals surface area contributed by atoms with Gasteiger partial charge in [-0.25, -0.2) is 4.31 Å². The summed E-state index contributed by atoms with van der Waals surface area (Å²) in [4.78, 5) is 12.9. The van der Waals surface area contributed by atoms with Crippen LogP contribution in [0.15, 0.2) is 61.2 Å². The quantitative estimate of drug-likeness (QED) is 0.201. The smallest absolute Gasteiger partial charge is 0.268 e. The summed E-state index contributed by atoms with van der Waals surface area (Å²) < 4.78 is 13.1. The Bertz CT molecular complexity index is 751. The Labute approximate surface area is 168 Å². The van der Waals surface area contributed by atoms with Gasteiger partial charge >= 0.3 is 3.92 Å². The number of hydrogen-bond acceptors (Lipinski definition) is 2. The van der Waals surface area contributed by atoms with Crippen LogP contribution in [-0.4, -0.2) is 9.83 Å². The maximum atomic E-state index is 13.8. The third kappa shape index (κ3) is 5.37. The van der Waals surface area contributed by atoms with E-state index in [-0.39, 0.29) is 0 Å². The molecule has 0 atom stereocenters. The molecule has 0 saturated heterocycles. The zero-order chi connectivity index (χ0) is 17.7. The summed E-state index contributed by atoms with van der Waals surface area (Å²) in [6.45, 7) is 3.70. The van der Waals surface area contributed by atoms with E-state index in [2.05, 4.69) is 29.2 Å². The van der Waals surface area contributed by atoms with Gasteiger partial charge in [0.25, 0.3) is 5.91 Å². The summed E-state index contributed by atoms with van der Waals surface area (Å²) in [6, 6.07) is 14.2. The zero-order valence-corrected chi connectivity index (χ0v) is 16.9. The first-order valence-corrected chi connectivity index (χ1v) is 9.47. The SMILES string of the molecule is C=CCc1cccc(N(SC(F)(Cl)Cl)C(=O)c2ccccc2I)c1. The molecule has 0 N–H and O–H groups in total. The number of amides is 1.